The number of ether oxygens (including phenoxy) is 2. The Kier molecular flexibility index (Phi) is 5.62. The molecule has 6 heteroatoms. The number of carbonyl (C=O) groups is 2. The largest absolute Gasteiger partial charge is 0.497 e. The number of nitrogens with zero attached hydrogens (tertiary/aromatic N) is 1. The summed E-state index contributed by atoms with van der Waals surface area (Å²) in [5.41, 5.74) is 0.446. The molecule has 1 aromatic carbocycles. The van der Waals surface area contributed by atoms with Gasteiger partial charge in [0.1, 0.15) is 18.1 Å². The van der Waals surface area contributed by atoms with Crippen LogP contribution in [0.3, 0.4) is 0 Å². The van der Waals surface area contributed by atoms with E-state index in [1.165, 1.54) is 0 Å². The number of amides is 1. The van der Waals surface area contributed by atoms with E-state index in [1.807, 2.05) is 0 Å². The van der Waals surface area contributed by atoms with Crippen molar-refractivity contribution in [3.05, 3.63) is 36.4 Å². The lowest BCUT2D eigenvalue weighted by Gasteiger charge is -2.30. The van der Waals surface area contributed by atoms with Crippen molar-refractivity contribution in [2.24, 2.45) is 5.92 Å². The number of rotatable bonds is 6. The molecular formula is C17H21NO5. The molecule has 0 atom stereocenters. The molecule has 0 aliphatic carbocycles. The smallest absolute Gasteiger partial charge is 0.306 e. The van der Waals surface area contributed by atoms with Gasteiger partial charge in [-0.1, -0.05) is 12.7 Å². The summed E-state index contributed by atoms with van der Waals surface area (Å²) < 4.78 is 10.7. The lowest BCUT2D eigenvalue weighted by molar-refractivity contribution is -0.143. The highest BCUT2D eigenvalue weighted by atomic mass is 16.5. The Morgan fingerprint density at radius 1 is 1.39 bits per heavy atom. The van der Waals surface area contributed by atoms with Crippen LogP contribution in [0.5, 0.6) is 11.5 Å². The van der Waals surface area contributed by atoms with E-state index < -0.39 is 5.97 Å². The van der Waals surface area contributed by atoms with Gasteiger partial charge in [-0.3, -0.25) is 9.59 Å². The Balaban J connectivity index is 2.15. The number of hydrogen-bond donors (Lipinski definition) is 1. The summed E-state index contributed by atoms with van der Waals surface area (Å²) in [7, 11) is 1.55. The average Bonchev–Trinajstić information content (AvgIpc) is 2.59. The second-order valence-electron chi connectivity index (χ2n) is 5.37. The summed E-state index contributed by atoms with van der Waals surface area (Å²) in [4.78, 5) is 25.4. The number of carboxylic acid groups (broad SMARTS) is 1. The molecule has 1 fully saturated rings. The van der Waals surface area contributed by atoms with Crippen LogP contribution >= 0.6 is 0 Å². The zero-order chi connectivity index (χ0) is 16.8. The van der Waals surface area contributed by atoms with Gasteiger partial charge in [0.25, 0.3) is 5.91 Å². The first-order valence-corrected chi connectivity index (χ1v) is 7.50. The van der Waals surface area contributed by atoms with E-state index in [9.17, 15) is 9.59 Å². The van der Waals surface area contributed by atoms with Crippen LogP contribution in [0.1, 0.15) is 23.2 Å². The molecule has 1 heterocycles. The number of likely N-dealkylation sites (tertiary alicyclic amines) is 1. The fourth-order valence-electron chi connectivity index (χ4n) is 2.57. The molecule has 1 N–H and O–H groups in total. The summed E-state index contributed by atoms with van der Waals surface area (Å²) >= 11 is 0. The average molecular weight is 319 g/mol. The van der Waals surface area contributed by atoms with Crippen LogP contribution in [0.25, 0.3) is 0 Å². The first kappa shape index (κ1) is 16.9. The SMILES string of the molecule is C=CCOc1cc(OC)ccc1C(=O)N1CCC(C(=O)O)CC1. The third-order valence-electron chi connectivity index (χ3n) is 3.91. The number of methoxy groups -OCH3 is 1. The van der Waals surface area contributed by atoms with Crippen LogP contribution in [-0.4, -0.2) is 48.7 Å². The van der Waals surface area contributed by atoms with E-state index >= 15 is 0 Å². The maximum absolute atomic E-state index is 12.7. The molecule has 0 aromatic heterocycles. The fraction of sp³-hybridized carbons (Fsp3) is 0.412. The van der Waals surface area contributed by atoms with Crippen molar-refractivity contribution in [1.29, 1.82) is 0 Å². The highest BCUT2D eigenvalue weighted by Gasteiger charge is 2.28. The Labute approximate surface area is 135 Å². The molecule has 6 nitrogen and oxygen atoms in total. The molecule has 124 valence electrons. The number of aliphatic carboxylic acids is 1. The zero-order valence-corrected chi connectivity index (χ0v) is 13.2. The van der Waals surface area contributed by atoms with E-state index in [0.717, 1.165) is 0 Å². The molecule has 0 radical (unpaired) electrons. The summed E-state index contributed by atoms with van der Waals surface area (Å²) in [6.45, 7) is 4.75. The van der Waals surface area contributed by atoms with Crippen LogP contribution in [0.4, 0.5) is 0 Å². The Hall–Kier alpha value is -2.50. The number of benzene rings is 1. The zero-order valence-electron chi connectivity index (χ0n) is 13.2. The van der Waals surface area contributed by atoms with Gasteiger partial charge in [-0.2, -0.15) is 0 Å². The van der Waals surface area contributed by atoms with Gasteiger partial charge in [-0.15, -0.1) is 0 Å². The molecule has 0 bridgehead atoms. The van der Waals surface area contributed by atoms with Crippen molar-refractivity contribution in [2.75, 3.05) is 26.8 Å². The fourth-order valence-corrected chi connectivity index (χ4v) is 2.57. The van der Waals surface area contributed by atoms with Gasteiger partial charge in [0.05, 0.1) is 18.6 Å². The van der Waals surface area contributed by atoms with Gasteiger partial charge >= 0.3 is 5.97 Å². The van der Waals surface area contributed by atoms with E-state index in [4.69, 9.17) is 14.6 Å². The molecule has 1 aromatic rings. The minimum Gasteiger partial charge on any atom is -0.497 e. The molecule has 1 amide bonds. The quantitative estimate of drug-likeness (QED) is 0.814. The summed E-state index contributed by atoms with van der Waals surface area (Å²) in [6.07, 6.45) is 2.55. The van der Waals surface area contributed by atoms with Crippen LogP contribution in [-0.2, 0) is 4.79 Å². The first-order valence-electron chi connectivity index (χ1n) is 7.50. The molecule has 0 unspecified atom stereocenters. The van der Waals surface area contributed by atoms with E-state index in [0.29, 0.717) is 43.0 Å². The maximum Gasteiger partial charge on any atom is 0.306 e. The highest BCUT2D eigenvalue weighted by molar-refractivity contribution is 5.97. The molecule has 1 saturated heterocycles. The Morgan fingerprint density at radius 3 is 2.65 bits per heavy atom. The van der Waals surface area contributed by atoms with Crippen molar-refractivity contribution < 1.29 is 24.2 Å². The predicted octanol–water partition coefficient (Wildman–Crippen LogP) is 2.20. The lowest BCUT2D eigenvalue weighted by atomic mass is 9.96. The van der Waals surface area contributed by atoms with Gasteiger partial charge in [0.15, 0.2) is 0 Å². The summed E-state index contributed by atoms with van der Waals surface area (Å²) in [6, 6.07) is 5.04. The lowest BCUT2D eigenvalue weighted by Crippen LogP contribution is -2.40. The first-order chi connectivity index (χ1) is 11.1. The predicted molar refractivity (Wildman–Crippen MR) is 84.9 cm³/mol. The van der Waals surface area contributed by atoms with Gasteiger partial charge < -0.3 is 19.5 Å². The van der Waals surface area contributed by atoms with Crippen LogP contribution in [0, 0.1) is 5.92 Å². The van der Waals surface area contributed by atoms with Gasteiger partial charge in [0, 0.05) is 19.2 Å². The number of piperidine rings is 1. The Bertz CT molecular complexity index is 591. The monoisotopic (exact) mass is 319 g/mol. The molecule has 2 rings (SSSR count). The molecular weight excluding hydrogens is 298 g/mol. The molecule has 1 aliphatic heterocycles. The van der Waals surface area contributed by atoms with Crippen LogP contribution in [0.2, 0.25) is 0 Å². The molecule has 0 spiro atoms. The third kappa shape index (κ3) is 4.03. The minimum atomic E-state index is -0.795. The molecule has 0 saturated carbocycles. The van der Waals surface area contributed by atoms with Gasteiger partial charge in [-0.25, -0.2) is 0 Å². The second kappa shape index (κ2) is 7.67. The molecule has 23 heavy (non-hydrogen) atoms. The topological polar surface area (TPSA) is 76.1 Å². The van der Waals surface area contributed by atoms with Crippen molar-refractivity contribution >= 4 is 11.9 Å². The Morgan fingerprint density at radius 2 is 2.09 bits per heavy atom. The van der Waals surface area contributed by atoms with Gasteiger partial charge in [0.2, 0.25) is 0 Å². The van der Waals surface area contributed by atoms with Crippen LogP contribution in [0.15, 0.2) is 30.9 Å². The standard InChI is InChI=1S/C17H21NO5/c1-3-10-23-15-11-13(22-2)4-5-14(15)16(19)18-8-6-12(7-9-18)17(20)21/h3-5,11-12H,1,6-10H2,2H3,(H,20,21). The third-order valence-corrected chi connectivity index (χ3v) is 3.91. The van der Waals surface area contributed by atoms with Crippen molar-refractivity contribution in [3.63, 3.8) is 0 Å². The van der Waals surface area contributed by atoms with Gasteiger partial charge in [-0.05, 0) is 25.0 Å². The number of hydrogen-bond acceptors (Lipinski definition) is 4. The molecule has 1 aliphatic rings. The van der Waals surface area contributed by atoms with E-state index in [1.54, 1.807) is 36.3 Å². The minimum absolute atomic E-state index is 0.157. The number of carboxylic acids is 1. The van der Waals surface area contributed by atoms with Crippen molar-refractivity contribution in [3.8, 4) is 11.5 Å². The van der Waals surface area contributed by atoms with E-state index in [2.05, 4.69) is 6.58 Å². The van der Waals surface area contributed by atoms with Crippen molar-refractivity contribution in [1.82, 2.24) is 4.90 Å². The normalized spacial score (nSPS) is 15.1. The second-order valence-corrected chi connectivity index (χ2v) is 5.37. The maximum atomic E-state index is 12.7. The van der Waals surface area contributed by atoms with Crippen LogP contribution < -0.4 is 9.47 Å². The van der Waals surface area contributed by atoms with E-state index in [-0.39, 0.29) is 18.4 Å². The van der Waals surface area contributed by atoms with Crippen molar-refractivity contribution in [2.45, 2.75) is 12.8 Å². The number of carbonyl (C=O) groups excluding carboxylic acids is 1. The summed E-state index contributed by atoms with van der Waals surface area (Å²) in [5.74, 6) is -0.279. The summed E-state index contributed by atoms with van der Waals surface area (Å²) in [5, 5.41) is 9.03. The highest BCUT2D eigenvalue weighted by Crippen LogP contribution is 2.28.